The molecule has 1 saturated carbocycles. The molecule has 0 amide bonds. The minimum Gasteiger partial charge on any atom is -0.353 e. The molecular formula is C16H27N3O3. The van der Waals surface area contributed by atoms with E-state index in [2.05, 4.69) is 15.5 Å². The molecule has 1 aromatic rings. The summed E-state index contributed by atoms with van der Waals surface area (Å²) in [7, 11) is 0. The Balaban J connectivity index is 1.52. The van der Waals surface area contributed by atoms with Crippen molar-refractivity contribution < 1.29 is 14.0 Å². The second-order valence-electron chi connectivity index (χ2n) is 6.37. The quantitative estimate of drug-likeness (QED) is 0.815. The zero-order chi connectivity index (χ0) is 15.3. The standard InChI is InChI=1S/C16H27N3O3/c1-13-18-15(19-22-13)16(8-4-2-5-9-16)17-10-12-21-14-7-3-6-11-20-14/h14,17H,2-12H2,1H3. The first kappa shape index (κ1) is 15.9. The highest BCUT2D eigenvalue weighted by Gasteiger charge is 2.37. The molecule has 1 atom stereocenters. The van der Waals surface area contributed by atoms with Gasteiger partial charge in [-0.1, -0.05) is 24.4 Å². The van der Waals surface area contributed by atoms with Gasteiger partial charge in [0.2, 0.25) is 5.89 Å². The SMILES string of the molecule is Cc1nc(C2(NCCOC3CCCCO3)CCCCC2)no1. The number of rotatable bonds is 6. The van der Waals surface area contributed by atoms with Gasteiger partial charge in [0.05, 0.1) is 12.1 Å². The van der Waals surface area contributed by atoms with Gasteiger partial charge in [-0.05, 0) is 32.1 Å². The monoisotopic (exact) mass is 309 g/mol. The molecule has 2 aliphatic rings. The Kier molecular flexibility index (Phi) is 5.44. The summed E-state index contributed by atoms with van der Waals surface area (Å²) in [5.74, 6) is 1.44. The molecule has 2 heterocycles. The van der Waals surface area contributed by atoms with Crippen LogP contribution < -0.4 is 5.32 Å². The Bertz CT molecular complexity index is 451. The van der Waals surface area contributed by atoms with Crippen LogP contribution in [-0.2, 0) is 15.0 Å². The van der Waals surface area contributed by atoms with Crippen LogP contribution >= 0.6 is 0 Å². The van der Waals surface area contributed by atoms with Gasteiger partial charge in [0, 0.05) is 20.1 Å². The smallest absolute Gasteiger partial charge is 0.223 e. The lowest BCUT2D eigenvalue weighted by atomic mass is 9.81. The normalized spacial score (nSPS) is 25.2. The van der Waals surface area contributed by atoms with Gasteiger partial charge in [-0.3, -0.25) is 0 Å². The van der Waals surface area contributed by atoms with Gasteiger partial charge in [0.25, 0.3) is 0 Å². The molecule has 6 heteroatoms. The van der Waals surface area contributed by atoms with E-state index in [9.17, 15) is 0 Å². The van der Waals surface area contributed by atoms with E-state index in [1.54, 1.807) is 0 Å². The van der Waals surface area contributed by atoms with Gasteiger partial charge in [0.15, 0.2) is 12.1 Å². The van der Waals surface area contributed by atoms with Crippen LogP contribution in [0.4, 0.5) is 0 Å². The molecule has 22 heavy (non-hydrogen) atoms. The van der Waals surface area contributed by atoms with Crippen molar-refractivity contribution in [3.63, 3.8) is 0 Å². The average molecular weight is 309 g/mol. The van der Waals surface area contributed by atoms with Crippen LogP contribution in [0.15, 0.2) is 4.52 Å². The molecule has 6 nitrogen and oxygen atoms in total. The summed E-state index contributed by atoms with van der Waals surface area (Å²) in [6.07, 6.45) is 9.15. The molecule has 124 valence electrons. The molecule has 1 aliphatic heterocycles. The minimum absolute atomic E-state index is 0.0229. The van der Waals surface area contributed by atoms with E-state index in [1.807, 2.05) is 6.92 Å². The van der Waals surface area contributed by atoms with Gasteiger partial charge < -0.3 is 19.3 Å². The van der Waals surface area contributed by atoms with E-state index in [1.165, 1.54) is 25.7 Å². The first-order valence-electron chi connectivity index (χ1n) is 8.58. The number of aryl methyl sites for hydroxylation is 1. The van der Waals surface area contributed by atoms with Crippen molar-refractivity contribution >= 4 is 0 Å². The highest BCUT2D eigenvalue weighted by Crippen LogP contribution is 2.35. The van der Waals surface area contributed by atoms with Crippen LogP contribution in [0.25, 0.3) is 0 Å². The Labute approximate surface area is 131 Å². The second kappa shape index (κ2) is 7.53. The Morgan fingerprint density at radius 3 is 2.77 bits per heavy atom. The summed E-state index contributed by atoms with van der Waals surface area (Å²) in [5.41, 5.74) is -0.146. The number of aromatic nitrogens is 2. The summed E-state index contributed by atoms with van der Waals surface area (Å²) < 4.78 is 16.6. The first-order chi connectivity index (χ1) is 10.8. The summed E-state index contributed by atoms with van der Waals surface area (Å²) >= 11 is 0. The Hall–Kier alpha value is -0.980. The highest BCUT2D eigenvalue weighted by molar-refractivity contribution is 5.06. The maximum absolute atomic E-state index is 5.81. The maximum atomic E-state index is 5.81. The van der Waals surface area contributed by atoms with Gasteiger partial charge in [-0.2, -0.15) is 4.98 Å². The van der Waals surface area contributed by atoms with Crippen LogP contribution in [0.1, 0.15) is 63.1 Å². The second-order valence-corrected chi connectivity index (χ2v) is 6.37. The predicted molar refractivity (Wildman–Crippen MR) is 81.3 cm³/mol. The fourth-order valence-electron chi connectivity index (χ4n) is 3.45. The van der Waals surface area contributed by atoms with Crippen LogP contribution in [0, 0.1) is 6.92 Å². The van der Waals surface area contributed by atoms with Crippen LogP contribution in [0.2, 0.25) is 0 Å². The third-order valence-corrected chi connectivity index (χ3v) is 4.67. The number of hydrogen-bond acceptors (Lipinski definition) is 6. The van der Waals surface area contributed by atoms with E-state index in [4.69, 9.17) is 14.0 Å². The molecule has 3 rings (SSSR count). The summed E-state index contributed by atoms with van der Waals surface area (Å²) in [5, 5.41) is 7.80. The van der Waals surface area contributed by atoms with E-state index in [-0.39, 0.29) is 11.8 Å². The third-order valence-electron chi connectivity index (χ3n) is 4.67. The lowest BCUT2D eigenvalue weighted by Gasteiger charge is -2.35. The van der Waals surface area contributed by atoms with E-state index in [0.717, 1.165) is 44.7 Å². The zero-order valence-corrected chi connectivity index (χ0v) is 13.5. The Morgan fingerprint density at radius 2 is 2.09 bits per heavy atom. The Morgan fingerprint density at radius 1 is 1.23 bits per heavy atom. The molecule has 1 aliphatic carbocycles. The largest absolute Gasteiger partial charge is 0.353 e. The zero-order valence-electron chi connectivity index (χ0n) is 13.5. The summed E-state index contributed by atoms with van der Waals surface area (Å²) in [4.78, 5) is 4.47. The highest BCUT2D eigenvalue weighted by atomic mass is 16.7. The molecule has 0 aromatic carbocycles. The van der Waals surface area contributed by atoms with Crippen LogP contribution in [0.5, 0.6) is 0 Å². The average Bonchev–Trinajstić information content (AvgIpc) is 3.01. The van der Waals surface area contributed by atoms with Gasteiger partial charge >= 0.3 is 0 Å². The predicted octanol–water partition coefficient (Wildman–Crippen LogP) is 2.67. The maximum Gasteiger partial charge on any atom is 0.223 e. The molecule has 0 bridgehead atoms. The van der Waals surface area contributed by atoms with Crippen molar-refractivity contribution in [2.45, 2.75) is 70.1 Å². The lowest BCUT2D eigenvalue weighted by Crippen LogP contribution is -2.46. The van der Waals surface area contributed by atoms with Crippen molar-refractivity contribution in [1.29, 1.82) is 0 Å². The lowest BCUT2D eigenvalue weighted by molar-refractivity contribution is -0.161. The fourth-order valence-corrected chi connectivity index (χ4v) is 3.45. The number of nitrogens with one attached hydrogen (secondary N) is 1. The molecule has 0 radical (unpaired) electrons. The fraction of sp³-hybridized carbons (Fsp3) is 0.875. The van der Waals surface area contributed by atoms with E-state index in [0.29, 0.717) is 12.5 Å². The van der Waals surface area contributed by atoms with E-state index >= 15 is 0 Å². The molecule has 1 unspecified atom stereocenters. The number of ether oxygens (including phenoxy) is 2. The molecule has 1 aromatic heterocycles. The van der Waals surface area contributed by atoms with Crippen molar-refractivity contribution in [3.8, 4) is 0 Å². The topological polar surface area (TPSA) is 69.4 Å². The summed E-state index contributed by atoms with van der Waals surface area (Å²) in [6.45, 7) is 4.11. The van der Waals surface area contributed by atoms with Crippen molar-refractivity contribution in [3.05, 3.63) is 11.7 Å². The van der Waals surface area contributed by atoms with Gasteiger partial charge in [-0.25, -0.2) is 0 Å². The van der Waals surface area contributed by atoms with Crippen LogP contribution in [-0.4, -0.2) is 36.2 Å². The number of nitrogens with zero attached hydrogens (tertiary/aromatic N) is 2. The van der Waals surface area contributed by atoms with Gasteiger partial charge in [-0.15, -0.1) is 0 Å². The molecule has 1 N–H and O–H groups in total. The summed E-state index contributed by atoms with van der Waals surface area (Å²) in [6, 6.07) is 0. The van der Waals surface area contributed by atoms with Crippen molar-refractivity contribution in [2.24, 2.45) is 0 Å². The molecule has 0 spiro atoms. The van der Waals surface area contributed by atoms with E-state index < -0.39 is 0 Å². The minimum atomic E-state index is -0.146. The van der Waals surface area contributed by atoms with Crippen molar-refractivity contribution in [2.75, 3.05) is 19.8 Å². The van der Waals surface area contributed by atoms with Crippen molar-refractivity contribution in [1.82, 2.24) is 15.5 Å². The molecule has 1 saturated heterocycles. The van der Waals surface area contributed by atoms with Gasteiger partial charge in [0.1, 0.15) is 0 Å². The number of hydrogen-bond donors (Lipinski definition) is 1. The molecular weight excluding hydrogens is 282 g/mol. The molecule has 2 fully saturated rings. The van der Waals surface area contributed by atoms with Crippen LogP contribution in [0.3, 0.4) is 0 Å². The third kappa shape index (κ3) is 3.86. The first-order valence-corrected chi connectivity index (χ1v) is 8.58.